The third-order valence-corrected chi connectivity index (χ3v) is 2.47. The van der Waals surface area contributed by atoms with E-state index in [9.17, 15) is 4.79 Å². The number of aromatic nitrogens is 3. The minimum Gasteiger partial charge on any atom is -0.339 e. The molecule has 0 aliphatic carbocycles. The van der Waals surface area contributed by atoms with E-state index in [2.05, 4.69) is 16.4 Å². The predicted octanol–water partition coefficient (Wildman–Crippen LogP) is -0.350. The van der Waals surface area contributed by atoms with Crippen LogP contribution in [0.2, 0.25) is 0 Å². The largest absolute Gasteiger partial charge is 0.339 e. The fourth-order valence-electron chi connectivity index (χ4n) is 1.65. The summed E-state index contributed by atoms with van der Waals surface area (Å²) in [5.41, 5.74) is 0. The van der Waals surface area contributed by atoms with Crippen molar-refractivity contribution >= 4 is 5.91 Å². The molecule has 1 aliphatic rings. The van der Waals surface area contributed by atoms with Crippen LogP contribution in [0, 0.1) is 17.2 Å². The minimum atomic E-state index is -0.145. The Kier molecular flexibility index (Phi) is 2.63. The smallest absolute Gasteiger partial charge is 0.224 e. The first-order valence-corrected chi connectivity index (χ1v) is 4.81. The molecule has 6 nitrogen and oxygen atoms in total. The number of nitriles is 1. The van der Waals surface area contributed by atoms with Crippen LogP contribution in [-0.4, -0.2) is 38.9 Å². The molecule has 2 rings (SSSR count). The highest BCUT2D eigenvalue weighted by Gasteiger charge is 2.28. The van der Waals surface area contributed by atoms with E-state index >= 15 is 0 Å². The summed E-state index contributed by atoms with van der Waals surface area (Å²) in [6.45, 7) is 1.77. The number of nitrogens with zero attached hydrogens (tertiary/aromatic N) is 5. The fourth-order valence-corrected chi connectivity index (χ4v) is 1.65. The Bertz CT molecular complexity index is 380. The first kappa shape index (κ1) is 9.65. The number of hydrogen-bond acceptors (Lipinski definition) is 4. The van der Waals surface area contributed by atoms with E-state index in [-0.39, 0.29) is 11.8 Å². The zero-order chi connectivity index (χ0) is 10.7. The molecule has 78 valence electrons. The van der Waals surface area contributed by atoms with Crippen LogP contribution in [-0.2, 0) is 11.3 Å². The average molecular weight is 205 g/mol. The van der Waals surface area contributed by atoms with Crippen LogP contribution in [0.25, 0.3) is 0 Å². The Morgan fingerprint density at radius 2 is 2.47 bits per heavy atom. The predicted molar refractivity (Wildman–Crippen MR) is 50.3 cm³/mol. The van der Waals surface area contributed by atoms with Crippen LogP contribution in [0.4, 0.5) is 0 Å². The second-order valence-corrected chi connectivity index (χ2v) is 3.54. The summed E-state index contributed by atoms with van der Waals surface area (Å²) in [4.78, 5) is 13.1. The normalized spacial score (nSPS) is 20.6. The SMILES string of the molecule is N#CC1CC(=O)N(CCn2ccnn2)C1. The van der Waals surface area contributed by atoms with Crippen LogP contribution in [0.3, 0.4) is 0 Å². The highest BCUT2D eigenvalue weighted by Crippen LogP contribution is 2.16. The van der Waals surface area contributed by atoms with Crippen molar-refractivity contribution in [3.63, 3.8) is 0 Å². The summed E-state index contributed by atoms with van der Waals surface area (Å²) in [5, 5.41) is 16.2. The molecule has 1 unspecified atom stereocenters. The third kappa shape index (κ3) is 2.13. The van der Waals surface area contributed by atoms with E-state index in [1.165, 1.54) is 0 Å². The number of carbonyl (C=O) groups excluding carboxylic acids is 1. The average Bonchev–Trinajstić information content (AvgIpc) is 2.84. The highest BCUT2D eigenvalue weighted by atomic mass is 16.2. The lowest BCUT2D eigenvalue weighted by atomic mass is 10.1. The summed E-state index contributed by atoms with van der Waals surface area (Å²) in [6.07, 6.45) is 3.71. The van der Waals surface area contributed by atoms with Gasteiger partial charge < -0.3 is 4.90 Å². The summed E-state index contributed by atoms with van der Waals surface area (Å²) in [7, 11) is 0. The molecule has 2 heterocycles. The van der Waals surface area contributed by atoms with Gasteiger partial charge in [-0.05, 0) is 0 Å². The first-order valence-electron chi connectivity index (χ1n) is 4.81. The van der Waals surface area contributed by atoms with Crippen molar-refractivity contribution in [3.05, 3.63) is 12.4 Å². The molecule has 0 bridgehead atoms. The molecule has 1 fully saturated rings. The molecule has 0 spiro atoms. The van der Waals surface area contributed by atoms with E-state index in [1.807, 2.05) is 0 Å². The van der Waals surface area contributed by atoms with Gasteiger partial charge in [0.15, 0.2) is 0 Å². The maximum absolute atomic E-state index is 11.4. The van der Waals surface area contributed by atoms with E-state index in [4.69, 9.17) is 5.26 Å². The molecule has 1 aromatic rings. The lowest BCUT2D eigenvalue weighted by Gasteiger charge is -2.14. The Balaban J connectivity index is 1.86. The van der Waals surface area contributed by atoms with Gasteiger partial charge >= 0.3 is 0 Å². The van der Waals surface area contributed by atoms with Crippen LogP contribution in [0.1, 0.15) is 6.42 Å². The summed E-state index contributed by atoms with van der Waals surface area (Å²) < 4.78 is 1.67. The quantitative estimate of drug-likeness (QED) is 0.676. The number of rotatable bonds is 3. The molecule has 0 radical (unpaired) electrons. The molecule has 1 atom stereocenters. The number of hydrogen-bond donors (Lipinski definition) is 0. The number of carbonyl (C=O) groups is 1. The molecule has 1 aliphatic heterocycles. The standard InChI is InChI=1S/C9H11N5O/c10-6-8-5-9(15)13(7-8)3-4-14-2-1-11-12-14/h1-2,8H,3-5,7H2. The van der Waals surface area contributed by atoms with Crippen LogP contribution < -0.4 is 0 Å². The maximum Gasteiger partial charge on any atom is 0.224 e. The van der Waals surface area contributed by atoms with Gasteiger partial charge in [0.25, 0.3) is 0 Å². The Morgan fingerprint density at radius 3 is 3.07 bits per heavy atom. The molecule has 0 N–H and O–H groups in total. The summed E-state index contributed by atoms with van der Waals surface area (Å²) in [5.74, 6) is -0.0880. The zero-order valence-corrected chi connectivity index (χ0v) is 8.20. The van der Waals surface area contributed by atoms with E-state index in [0.29, 0.717) is 26.1 Å². The molecule has 0 aromatic carbocycles. The number of amides is 1. The van der Waals surface area contributed by atoms with Gasteiger partial charge in [-0.15, -0.1) is 5.10 Å². The molecule has 1 amide bonds. The van der Waals surface area contributed by atoms with Crippen molar-refractivity contribution in [2.45, 2.75) is 13.0 Å². The van der Waals surface area contributed by atoms with E-state index in [0.717, 1.165) is 0 Å². The van der Waals surface area contributed by atoms with Gasteiger partial charge in [0, 0.05) is 25.7 Å². The second-order valence-electron chi connectivity index (χ2n) is 3.54. The van der Waals surface area contributed by atoms with Crippen molar-refractivity contribution in [2.24, 2.45) is 5.92 Å². The molecule has 6 heteroatoms. The molecule has 0 saturated carbocycles. The van der Waals surface area contributed by atoms with Crippen molar-refractivity contribution < 1.29 is 4.79 Å². The fraction of sp³-hybridized carbons (Fsp3) is 0.556. The van der Waals surface area contributed by atoms with Crippen LogP contribution in [0.5, 0.6) is 0 Å². The highest BCUT2D eigenvalue weighted by molar-refractivity contribution is 5.79. The molecule has 1 saturated heterocycles. The lowest BCUT2D eigenvalue weighted by Crippen LogP contribution is -2.29. The molecular formula is C9H11N5O. The Labute approximate surface area is 87.1 Å². The maximum atomic E-state index is 11.4. The Morgan fingerprint density at radius 1 is 1.60 bits per heavy atom. The van der Waals surface area contributed by atoms with Gasteiger partial charge in [0.05, 0.1) is 24.7 Å². The van der Waals surface area contributed by atoms with Gasteiger partial charge in [-0.3, -0.25) is 9.48 Å². The van der Waals surface area contributed by atoms with Crippen LogP contribution in [0.15, 0.2) is 12.4 Å². The van der Waals surface area contributed by atoms with Crippen molar-refractivity contribution in [1.82, 2.24) is 19.9 Å². The van der Waals surface area contributed by atoms with Gasteiger partial charge in [-0.1, -0.05) is 5.21 Å². The van der Waals surface area contributed by atoms with Crippen molar-refractivity contribution in [2.75, 3.05) is 13.1 Å². The third-order valence-electron chi connectivity index (χ3n) is 2.47. The first-order chi connectivity index (χ1) is 7.29. The molecular weight excluding hydrogens is 194 g/mol. The zero-order valence-electron chi connectivity index (χ0n) is 8.20. The van der Waals surface area contributed by atoms with Gasteiger partial charge in [0.1, 0.15) is 0 Å². The topological polar surface area (TPSA) is 74.8 Å². The lowest BCUT2D eigenvalue weighted by molar-refractivity contribution is -0.127. The summed E-state index contributed by atoms with van der Waals surface area (Å²) >= 11 is 0. The van der Waals surface area contributed by atoms with Crippen molar-refractivity contribution in [1.29, 1.82) is 5.26 Å². The van der Waals surface area contributed by atoms with Gasteiger partial charge in [0.2, 0.25) is 5.91 Å². The minimum absolute atomic E-state index is 0.0571. The summed E-state index contributed by atoms with van der Waals surface area (Å²) in [6, 6.07) is 2.12. The number of likely N-dealkylation sites (tertiary alicyclic amines) is 1. The van der Waals surface area contributed by atoms with Gasteiger partial charge in [-0.2, -0.15) is 5.26 Å². The van der Waals surface area contributed by atoms with E-state index in [1.54, 1.807) is 22.0 Å². The monoisotopic (exact) mass is 205 g/mol. The van der Waals surface area contributed by atoms with Gasteiger partial charge in [-0.25, -0.2) is 0 Å². The molecule has 1 aromatic heterocycles. The molecule has 15 heavy (non-hydrogen) atoms. The second kappa shape index (κ2) is 4.09. The van der Waals surface area contributed by atoms with Crippen molar-refractivity contribution in [3.8, 4) is 6.07 Å². The Hall–Kier alpha value is -1.90. The van der Waals surface area contributed by atoms with Crippen LogP contribution >= 0.6 is 0 Å². The van der Waals surface area contributed by atoms with E-state index < -0.39 is 0 Å².